The zero-order chi connectivity index (χ0) is 11.4. The Bertz CT molecular complexity index is 421. The summed E-state index contributed by atoms with van der Waals surface area (Å²) in [5, 5.41) is 17.5. The van der Waals surface area contributed by atoms with Crippen LogP contribution < -0.4 is 0 Å². The predicted molar refractivity (Wildman–Crippen MR) is 52.2 cm³/mol. The van der Waals surface area contributed by atoms with Gasteiger partial charge in [0.2, 0.25) is 0 Å². The lowest BCUT2D eigenvalue weighted by molar-refractivity contribution is 0.0689. The first kappa shape index (κ1) is 11.1. The number of carboxylic acids is 1. The second kappa shape index (κ2) is 4.51. The molecule has 0 atom stereocenters. The van der Waals surface area contributed by atoms with E-state index >= 15 is 0 Å². The molecule has 0 aromatic carbocycles. The third-order valence-corrected chi connectivity index (χ3v) is 1.75. The number of aromatic nitrogens is 2. The van der Waals surface area contributed by atoms with Crippen LogP contribution in [0, 0.1) is 17.2 Å². The molecule has 0 fully saturated rings. The highest BCUT2D eigenvalue weighted by molar-refractivity contribution is 5.88. The molecule has 0 aliphatic heterocycles. The van der Waals surface area contributed by atoms with Gasteiger partial charge in [-0.15, -0.1) is 0 Å². The average Bonchev–Trinajstić information content (AvgIpc) is 2.16. The Hall–Kier alpha value is -1.96. The summed E-state index contributed by atoms with van der Waals surface area (Å²) in [5.41, 5.74) is -0.224. The lowest BCUT2D eigenvalue weighted by atomic mass is 10.1. The lowest BCUT2D eigenvalue weighted by Gasteiger charge is -2.04. The summed E-state index contributed by atoms with van der Waals surface area (Å²) in [6.07, 6.45) is 1.86. The van der Waals surface area contributed by atoms with Crippen LogP contribution in [-0.2, 0) is 6.42 Å². The van der Waals surface area contributed by atoms with E-state index in [1.807, 2.05) is 13.8 Å². The van der Waals surface area contributed by atoms with Gasteiger partial charge in [0.15, 0.2) is 5.69 Å². The molecule has 1 rings (SSSR count). The van der Waals surface area contributed by atoms with Crippen LogP contribution in [0.5, 0.6) is 0 Å². The molecule has 1 N–H and O–H groups in total. The molecular formula is C10H11N3O2. The predicted octanol–water partition coefficient (Wildman–Crippen LogP) is 1.24. The fraction of sp³-hybridized carbons (Fsp3) is 0.400. The Balaban J connectivity index is 3.12. The number of rotatable bonds is 3. The first-order valence-corrected chi connectivity index (χ1v) is 4.54. The molecular weight excluding hydrogens is 194 g/mol. The van der Waals surface area contributed by atoms with Crippen molar-refractivity contribution in [3.63, 3.8) is 0 Å². The van der Waals surface area contributed by atoms with E-state index in [1.54, 1.807) is 6.07 Å². The molecule has 5 heteroatoms. The minimum absolute atomic E-state index is 0.00462. The van der Waals surface area contributed by atoms with Crippen molar-refractivity contribution in [3.05, 3.63) is 23.3 Å². The summed E-state index contributed by atoms with van der Waals surface area (Å²) >= 11 is 0. The van der Waals surface area contributed by atoms with Crippen molar-refractivity contribution < 1.29 is 9.90 Å². The molecule has 0 radical (unpaired) electrons. The average molecular weight is 205 g/mol. The molecule has 1 aromatic heterocycles. The van der Waals surface area contributed by atoms with Gasteiger partial charge in [0.1, 0.15) is 17.5 Å². The van der Waals surface area contributed by atoms with E-state index in [2.05, 4.69) is 9.97 Å². The molecule has 0 amide bonds. The van der Waals surface area contributed by atoms with Crippen molar-refractivity contribution in [3.8, 4) is 6.07 Å². The molecule has 5 nitrogen and oxygen atoms in total. The molecule has 0 aliphatic rings. The van der Waals surface area contributed by atoms with E-state index in [9.17, 15) is 4.79 Å². The van der Waals surface area contributed by atoms with Crippen LogP contribution in [0.2, 0.25) is 0 Å². The Morgan fingerprint density at radius 2 is 2.33 bits per heavy atom. The summed E-state index contributed by atoms with van der Waals surface area (Å²) in [5.74, 6) is -0.389. The van der Waals surface area contributed by atoms with Crippen LogP contribution in [0.15, 0.2) is 6.20 Å². The van der Waals surface area contributed by atoms with Crippen molar-refractivity contribution in [1.82, 2.24) is 9.97 Å². The molecule has 0 saturated carbocycles. The highest BCUT2D eigenvalue weighted by atomic mass is 16.4. The number of hydrogen-bond donors (Lipinski definition) is 1. The molecule has 0 unspecified atom stereocenters. The summed E-state index contributed by atoms with van der Waals surface area (Å²) in [4.78, 5) is 18.6. The standard InChI is InChI=1S/C10H11N3O2/c1-6(2)3-8-12-5-7(4-11)9(13-8)10(14)15/h5-6H,3H2,1-2H3,(H,14,15). The second-order valence-corrected chi connectivity index (χ2v) is 3.56. The molecule has 1 aromatic rings. The van der Waals surface area contributed by atoms with Crippen molar-refractivity contribution in [2.45, 2.75) is 20.3 Å². The number of hydrogen-bond acceptors (Lipinski definition) is 4. The molecule has 15 heavy (non-hydrogen) atoms. The second-order valence-electron chi connectivity index (χ2n) is 3.56. The maximum absolute atomic E-state index is 10.8. The number of nitrogens with zero attached hydrogens (tertiary/aromatic N) is 3. The Morgan fingerprint density at radius 3 is 2.80 bits per heavy atom. The highest BCUT2D eigenvalue weighted by Gasteiger charge is 2.14. The van der Waals surface area contributed by atoms with Crippen molar-refractivity contribution >= 4 is 5.97 Å². The van der Waals surface area contributed by atoms with Gasteiger partial charge in [-0.3, -0.25) is 0 Å². The van der Waals surface area contributed by atoms with E-state index in [0.29, 0.717) is 18.2 Å². The van der Waals surface area contributed by atoms with Gasteiger partial charge in [0.05, 0.1) is 0 Å². The molecule has 1 heterocycles. The van der Waals surface area contributed by atoms with Gasteiger partial charge in [0.25, 0.3) is 0 Å². The SMILES string of the molecule is CC(C)Cc1ncc(C#N)c(C(=O)O)n1. The molecule has 0 bridgehead atoms. The Kier molecular flexibility index (Phi) is 3.34. The Labute approximate surface area is 87.4 Å². The first-order valence-electron chi connectivity index (χ1n) is 4.54. The number of carboxylic acid groups (broad SMARTS) is 1. The molecule has 0 aliphatic carbocycles. The van der Waals surface area contributed by atoms with E-state index in [0.717, 1.165) is 0 Å². The molecule has 0 spiro atoms. The number of aromatic carboxylic acids is 1. The zero-order valence-corrected chi connectivity index (χ0v) is 8.56. The summed E-state index contributed by atoms with van der Waals surface area (Å²) < 4.78 is 0. The normalized spacial score (nSPS) is 10.0. The van der Waals surface area contributed by atoms with Gasteiger partial charge in [-0.25, -0.2) is 14.8 Å². The van der Waals surface area contributed by atoms with E-state index < -0.39 is 5.97 Å². The van der Waals surface area contributed by atoms with Gasteiger partial charge in [-0.05, 0) is 5.92 Å². The fourth-order valence-electron chi connectivity index (χ4n) is 1.13. The third-order valence-electron chi connectivity index (χ3n) is 1.75. The van der Waals surface area contributed by atoms with Crippen LogP contribution in [-0.4, -0.2) is 21.0 Å². The largest absolute Gasteiger partial charge is 0.476 e. The van der Waals surface area contributed by atoms with Gasteiger partial charge in [-0.1, -0.05) is 13.8 Å². The highest BCUT2D eigenvalue weighted by Crippen LogP contribution is 2.07. The van der Waals surface area contributed by atoms with E-state index in [4.69, 9.17) is 10.4 Å². The van der Waals surface area contributed by atoms with Crippen LogP contribution in [0.4, 0.5) is 0 Å². The van der Waals surface area contributed by atoms with Crippen LogP contribution >= 0.6 is 0 Å². The van der Waals surface area contributed by atoms with E-state index in [-0.39, 0.29) is 11.3 Å². The topological polar surface area (TPSA) is 86.9 Å². The summed E-state index contributed by atoms with van der Waals surface area (Å²) in [6.45, 7) is 3.98. The van der Waals surface area contributed by atoms with Crippen molar-refractivity contribution in [1.29, 1.82) is 5.26 Å². The van der Waals surface area contributed by atoms with Crippen molar-refractivity contribution in [2.24, 2.45) is 5.92 Å². The maximum Gasteiger partial charge on any atom is 0.356 e. The quantitative estimate of drug-likeness (QED) is 0.802. The molecule has 78 valence electrons. The smallest absolute Gasteiger partial charge is 0.356 e. The minimum Gasteiger partial charge on any atom is -0.476 e. The number of carbonyl (C=O) groups is 1. The van der Waals surface area contributed by atoms with E-state index in [1.165, 1.54) is 6.20 Å². The lowest BCUT2D eigenvalue weighted by Crippen LogP contribution is -2.09. The van der Waals surface area contributed by atoms with Crippen molar-refractivity contribution in [2.75, 3.05) is 0 Å². The minimum atomic E-state index is -1.20. The van der Waals surface area contributed by atoms with Gasteiger partial charge in [-0.2, -0.15) is 5.26 Å². The van der Waals surface area contributed by atoms with Crippen LogP contribution in [0.3, 0.4) is 0 Å². The Morgan fingerprint density at radius 1 is 1.67 bits per heavy atom. The number of nitriles is 1. The zero-order valence-electron chi connectivity index (χ0n) is 8.56. The monoisotopic (exact) mass is 205 g/mol. The molecule has 0 saturated heterocycles. The van der Waals surface area contributed by atoms with Gasteiger partial charge in [0, 0.05) is 12.6 Å². The summed E-state index contributed by atoms with van der Waals surface area (Å²) in [6, 6.07) is 1.75. The first-order chi connectivity index (χ1) is 7.04. The third kappa shape index (κ3) is 2.74. The fourth-order valence-corrected chi connectivity index (χ4v) is 1.13. The van der Waals surface area contributed by atoms with Crippen LogP contribution in [0.1, 0.15) is 35.7 Å². The summed E-state index contributed by atoms with van der Waals surface area (Å²) in [7, 11) is 0. The van der Waals surface area contributed by atoms with Crippen LogP contribution in [0.25, 0.3) is 0 Å². The van der Waals surface area contributed by atoms with Gasteiger partial charge < -0.3 is 5.11 Å². The van der Waals surface area contributed by atoms with Gasteiger partial charge >= 0.3 is 5.97 Å². The maximum atomic E-state index is 10.8.